The van der Waals surface area contributed by atoms with Crippen LogP contribution in [0.15, 0.2) is 0 Å². The van der Waals surface area contributed by atoms with Crippen LogP contribution in [0.5, 0.6) is 0 Å². The summed E-state index contributed by atoms with van der Waals surface area (Å²) in [5, 5.41) is 3.27. The summed E-state index contributed by atoms with van der Waals surface area (Å²) in [4.78, 5) is 11.2. The predicted molar refractivity (Wildman–Crippen MR) is 48.4 cm³/mol. The highest BCUT2D eigenvalue weighted by Crippen LogP contribution is 2.14. The zero-order chi connectivity index (χ0) is 9.68. The first-order valence-electron chi connectivity index (χ1n) is 4.68. The van der Waals surface area contributed by atoms with Crippen LogP contribution in [0.2, 0.25) is 0 Å². The Morgan fingerprint density at radius 2 is 2.38 bits per heavy atom. The van der Waals surface area contributed by atoms with Crippen molar-refractivity contribution in [3.05, 3.63) is 0 Å². The molecule has 76 valence electrons. The number of methoxy groups -OCH3 is 1. The van der Waals surface area contributed by atoms with Crippen LogP contribution in [0.4, 0.5) is 0 Å². The van der Waals surface area contributed by atoms with Gasteiger partial charge in [0.1, 0.15) is 0 Å². The molecular formula is C9H17NO3. The highest BCUT2D eigenvalue weighted by molar-refractivity contribution is 5.73. The number of carbonyl (C=O) groups excluding carboxylic acids is 1. The van der Waals surface area contributed by atoms with Crippen molar-refractivity contribution < 1.29 is 14.3 Å². The summed E-state index contributed by atoms with van der Waals surface area (Å²) in [6.07, 6.45) is 1.06. The number of hydrogen-bond acceptors (Lipinski definition) is 4. The second-order valence-electron chi connectivity index (χ2n) is 3.23. The number of esters is 1. The minimum absolute atomic E-state index is 0.128. The molecule has 13 heavy (non-hydrogen) atoms. The minimum atomic E-state index is -0.175. The molecule has 0 aromatic carbocycles. The number of nitrogens with one attached hydrogen (secondary N) is 1. The summed E-state index contributed by atoms with van der Waals surface area (Å²) in [6.45, 7) is 4.10. The lowest BCUT2D eigenvalue weighted by molar-refractivity contribution is -0.145. The predicted octanol–water partition coefficient (Wildman–Crippen LogP) is 0.174. The van der Waals surface area contributed by atoms with Crippen LogP contribution in [0, 0.1) is 5.92 Å². The summed E-state index contributed by atoms with van der Waals surface area (Å²) >= 11 is 0. The van der Waals surface area contributed by atoms with Crippen molar-refractivity contribution in [2.24, 2.45) is 5.92 Å². The standard InChI is InChI=1S/C9H17NO3/c1-3-4-10-8-6-13-5-7(8)9(11)12-2/h7-8,10H,3-6H2,1-2H3. The highest BCUT2D eigenvalue weighted by Gasteiger charge is 2.34. The average Bonchev–Trinajstić information content (AvgIpc) is 2.61. The zero-order valence-corrected chi connectivity index (χ0v) is 8.21. The molecule has 0 saturated carbocycles. The normalized spacial score (nSPS) is 27.5. The van der Waals surface area contributed by atoms with Crippen LogP contribution in [0.1, 0.15) is 13.3 Å². The molecule has 4 nitrogen and oxygen atoms in total. The van der Waals surface area contributed by atoms with Gasteiger partial charge in [0.05, 0.1) is 26.2 Å². The first-order chi connectivity index (χ1) is 6.29. The molecule has 0 aromatic heterocycles. The minimum Gasteiger partial charge on any atom is -0.469 e. The van der Waals surface area contributed by atoms with Crippen molar-refractivity contribution in [2.75, 3.05) is 26.9 Å². The van der Waals surface area contributed by atoms with Gasteiger partial charge >= 0.3 is 5.97 Å². The van der Waals surface area contributed by atoms with Gasteiger partial charge in [0.15, 0.2) is 0 Å². The summed E-state index contributed by atoms with van der Waals surface area (Å²) in [5.41, 5.74) is 0. The molecule has 0 radical (unpaired) electrons. The first-order valence-corrected chi connectivity index (χ1v) is 4.68. The molecule has 4 heteroatoms. The molecule has 1 aliphatic heterocycles. The van der Waals surface area contributed by atoms with Crippen LogP contribution >= 0.6 is 0 Å². The molecule has 0 aromatic rings. The van der Waals surface area contributed by atoms with Gasteiger partial charge in [0, 0.05) is 6.04 Å². The molecule has 1 fully saturated rings. The first kappa shape index (κ1) is 10.5. The Balaban J connectivity index is 2.39. The fourth-order valence-corrected chi connectivity index (χ4v) is 1.47. The fourth-order valence-electron chi connectivity index (χ4n) is 1.47. The molecule has 1 rings (SSSR count). The van der Waals surface area contributed by atoms with Gasteiger partial charge in [-0.3, -0.25) is 4.79 Å². The van der Waals surface area contributed by atoms with Gasteiger partial charge in [0.2, 0.25) is 0 Å². The maximum atomic E-state index is 11.2. The maximum absolute atomic E-state index is 11.2. The van der Waals surface area contributed by atoms with E-state index in [0.29, 0.717) is 13.2 Å². The lowest BCUT2D eigenvalue weighted by Gasteiger charge is -2.16. The van der Waals surface area contributed by atoms with Crippen LogP contribution in [0.25, 0.3) is 0 Å². The van der Waals surface area contributed by atoms with Crippen LogP contribution in [-0.2, 0) is 14.3 Å². The molecular weight excluding hydrogens is 170 g/mol. The van der Waals surface area contributed by atoms with Crippen molar-refractivity contribution in [2.45, 2.75) is 19.4 Å². The van der Waals surface area contributed by atoms with Gasteiger partial charge < -0.3 is 14.8 Å². The lowest BCUT2D eigenvalue weighted by atomic mass is 10.0. The molecule has 0 spiro atoms. The van der Waals surface area contributed by atoms with Gasteiger partial charge in [-0.05, 0) is 13.0 Å². The number of hydrogen-bond donors (Lipinski definition) is 1. The Morgan fingerprint density at radius 1 is 1.62 bits per heavy atom. The second kappa shape index (κ2) is 5.19. The largest absolute Gasteiger partial charge is 0.469 e. The molecule has 2 atom stereocenters. The summed E-state index contributed by atoms with van der Waals surface area (Å²) in [6, 6.07) is 0.132. The number of ether oxygens (including phenoxy) is 2. The number of carbonyl (C=O) groups is 1. The van der Waals surface area contributed by atoms with Crippen molar-refractivity contribution in [3.63, 3.8) is 0 Å². The Labute approximate surface area is 78.6 Å². The Hall–Kier alpha value is -0.610. The monoisotopic (exact) mass is 187 g/mol. The van der Waals surface area contributed by atoms with E-state index in [4.69, 9.17) is 4.74 Å². The van der Waals surface area contributed by atoms with Crippen LogP contribution < -0.4 is 5.32 Å². The van der Waals surface area contributed by atoms with Crippen molar-refractivity contribution in [3.8, 4) is 0 Å². The zero-order valence-electron chi connectivity index (χ0n) is 8.21. The third-order valence-corrected chi connectivity index (χ3v) is 2.24. The third-order valence-electron chi connectivity index (χ3n) is 2.24. The fraction of sp³-hybridized carbons (Fsp3) is 0.889. The number of rotatable bonds is 4. The van der Waals surface area contributed by atoms with Gasteiger partial charge in [-0.2, -0.15) is 0 Å². The molecule has 2 unspecified atom stereocenters. The smallest absolute Gasteiger partial charge is 0.312 e. The molecule has 1 heterocycles. The van der Waals surface area contributed by atoms with Gasteiger partial charge in [0.25, 0.3) is 0 Å². The molecule has 0 bridgehead atoms. The Morgan fingerprint density at radius 3 is 3.00 bits per heavy atom. The van der Waals surface area contributed by atoms with Crippen molar-refractivity contribution >= 4 is 5.97 Å². The lowest BCUT2D eigenvalue weighted by Crippen LogP contribution is -2.40. The topological polar surface area (TPSA) is 47.6 Å². The SMILES string of the molecule is CCCNC1COCC1C(=O)OC. The van der Waals surface area contributed by atoms with E-state index in [1.54, 1.807) is 0 Å². The highest BCUT2D eigenvalue weighted by atomic mass is 16.5. The van der Waals surface area contributed by atoms with E-state index in [2.05, 4.69) is 17.0 Å². The van der Waals surface area contributed by atoms with Gasteiger partial charge in [-0.25, -0.2) is 0 Å². The quantitative estimate of drug-likeness (QED) is 0.637. The average molecular weight is 187 g/mol. The van der Waals surface area contributed by atoms with E-state index < -0.39 is 0 Å². The second-order valence-corrected chi connectivity index (χ2v) is 3.23. The van der Waals surface area contributed by atoms with E-state index in [-0.39, 0.29) is 17.9 Å². The summed E-state index contributed by atoms with van der Waals surface area (Å²) in [5.74, 6) is -0.303. The summed E-state index contributed by atoms with van der Waals surface area (Å²) < 4.78 is 9.91. The Kier molecular flexibility index (Phi) is 4.18. The van der Waals surface area contributed by atoms with Gasteiger partial charge in [-0.15, -0.1) is 0 Å². The van der Waals surface area contributed by atoms with E-state index in [1.807, 2.05) is 0 Å². The van der Waals surface area contributed by atoms with Crippen molar-refractivity contribution in [1.29, 1.82) is 0 Å². The molecule has 1 saturated heterocycles. The molecule has 1 aliphatic rings. The molecule has 0 aliphatic carbocycles. The van der Waals surface area contributed by atoms with E-state index in [9.17, 15) is 4.79 Å². The van der Waals surface area contributed by atoms with Crippen molar-refractivity contribution in [1.82, 2.24) is 5.32 Å². The van der Waals surface area contributed by atoms with E-state index in [0.717, 1.165) is 13.0 Å². The van der Waals surface area contributed by atoms with Crippen LogP contribution in [0.3, 0.4) is 0 Å². The van der Waals surface area contributed by atoms with E-state index >= 15 is 0 Å². The molecule has 1 N–H and O–H groups in total. The summed E-state index contributed by atoms with van der Waals surface area (Å²) in [7, 11) is 1.41. The van der Waals surface area contributed by atoms with Crippen LogP contribution in [-0.4, -0.2) is 38.9 Å². The van der Waals surface area contributed by atoms with E-state index in [1.165, 1.54) is 7.11 Å². The molecule has 0 amide bonds. The Bertz CT molecular complexity index is 172. The third kappa shape index (κ3) is 2.67. The van der Waals surface area contributed by atoms with Gasteiger partial charge in [-0.1, -0.05) is 6.92 Å². The maximum Gasteiger partial charge on any atom is 0.312 e.